The Bertz CT molecular complexity index is 1230. The van der Waals surface area contributed by atoms with E-state index >= 15 is 0 Å². The van der Waals surface area contributed by atoms with Gasteiger partial charge in [0, 0.05) is 26.9 Å². The van der Waals surface area contributed by atoms with Gasteiger partial charge < -0.3 is 19.5 Å². The van der Waals surface area contributed by atoms with E-state index < -0.39 is 11.8 Å². The van der Waals surface area contributed by atoms with E-state index in [9.17, 15) is 9.59 Å². The van der Waals surface area contributed by atoms with Crippen LogP contribution in [0.25, 0.3) is 0 Å². The van der Waals surface area contributed by atoms with Crippen molar-refractivity contribution in [2.45, 2.75) is 26.4 Å². The van der Waals surface area contributed by atoms with Crippen LogP contribution in [0.1, 0.15) is 30.9 Å². The van der Waals surface area contributed by atoms with Crippen LogP contribution in [0.4, 0.5) is 5.69 Å². The van der Waals surface area contributed by atoms with Gasteiger partial charge in [-0.1, -0.05) is 48.7 Å². The summed E-state index contributed by atoms with van der Waals surface area (Å²) in [6.45, 7) is 2.78. The minimum Gasteiger partial charge on any atom is -0.494 e. The Hall–Kier alpha value is -3.75. The number of nitrogens with one attached hydrogen (secondary N) is 2. The van der Waals surface area contributed by atoms with E-state index in [4.69, 9.17) is 37.4 Å². The lowest BCUT2D eigenvalue weighted by molar-refractivity contribution is -0.136. The molecule has 8 nitrogen and oxygen atoms in total. The summed E-state index contributed by atoms with van der Waals surface area (Å²) in [5.41, 5.74) is 3.78. The first-order valence-electron chi connectivity index (χ1n) is 11.5. The Morgan fingerprint density at radius 1 is 0.946 bits per heavy atom. The van der Waals surface area contributed by atoms with Crippen molar-refractivity contribution in [3.63, 3.8) is 0 Å². The van der Waals surface area contributed by atoms with Crippen molar-refractivity contribution in [1.29, 1.82) is 0 Å². The Kier molecular flexibility index (Phi) is 10.6. The third-order valence-electron chi connectivity index (χ3n) is 5.11. The van der Waals surface area contributed by atoms with Gasteiger partial charge in [0.25, 0.3) is 0 Å². The third-order valence-corrected chi connectivity index (χ3v) is 5.81. The monoisotopic (exact) mass is 543 g/mol. The first-order valence-corrected chi connectivity index (χ1v) is 12.3. The van der Waals surface area contributed by atoms with Gasteiger partial charge in [0.2, 0.25) is 0 Å². The van der Waals surface area contributed by atoms with Gasteiger partial charge in [0.15, 0.2) is 11.5 Å². The zero-order valence-electron chi connectivity index (χ0n) is 20.4. The molecule has 2 N–H and O–H groups in total. The van der Waals surface area contributed by atoms with E-state index in [2.05, 4.69) is 22.8 Å². The van der Waals surface area contributed by atoms with Crippen LogP contribution in [-0.4, -0.2) is 31.7 Å². The molecule has 3 aromatic rings. The molecule has 3 rings (SSSR count). The summed E-state index contributed by atoms with van der Waals surface area (Å²) in [5, 5.41) is 7.34. The molecule has 194 valence electrons. The minimum atomic E-state index is -0.937. The fourth-order valence-corrected chi connectivity index (χ4v) is 3.64. The number of para-hydroxylation sites is 1. The predicted molar refractivity (Wildman–Crippen MR) is 145 cm³/mol. The van der Waals surface area contributed by atoms with Gasteiger partial charge in [-0.2, -0.15) is 5.10 Å². The van der Waals surface area contributed by atoms with E-state index in [1.165, 1.54) is 13.3 Å². The highest BCUT2D eigenvalue weighted by Crippen LogP contribution is 2.33. The van der Waals surface area contributed by atoms with Gasteiger partial charge in [-0.15, -0.1) is 0 Å². The molecule has 0 heterocycles. The molecule has 0 saturated carbocycles. The number of hydrogen-bond donors (Lipinski definition) is 2. The summed E-state index contributed by atoms with van der Waals surface area (Å²) in [7, 11) is 1.50. The molecular formula is C27H27Cl2N3O5. The zero-order valence-corrected chi connectivity index (χ0v) is 21.9. The van der Waals surface area contributed by atoms with Crippen LogP contribution in [0.5, 0.6) is 17.2 Å². The SMILES string of the molecule is CCCCOc1ccc(NC(=O)C(=O)N/N=C\c2cccc(OC)c2OCc2c(Cl)cccc2Cl)cc1. The number of ether oxygens (including phenoxy) is 3. The smallest absolute Gasteiger partial charge is 0.329 e. The van der Waals surface area contributed by atoms with Crippen molar-refractivity contribution in [1.82, 2.24) is 5.43 Å². The second-order valence-electron chi connectivity index (χ2n) is 7.75. The van der Waals surface area contributed by atoms with E-state index in [0.717, 1.165) is 12.8 Å². The topological polar surface area (TPSA) is 98.2 Å². The second-order valence-corrected chi connectivity index (χ2v) is 8.56. The van der Waals surface area contributed by atoms with Crippen LogP contribution in [0.2, 0.25) is 10.0 Å². The van der Waals surface area contributed by atoms with Crippen molar-refractivity contribution < 1.29 is 23.8 Å². The maximum Gasteiger partial charge on any atom is 0.329 e. The van der Waals surface area contributed by atoms with Gasteiger partial charge in [0.1, 0.15) is 12.4 Å². The van der Waals surface area contributed by atoms with Crippen molar-refractivity contribution in [2.24, 2.45) is 5.10 Å². The Morgan fingerprint density at radius 2 is 1.65 bits per heavy atom. The number of methoxy groups -OCH3 is 1. The molecule has 2 amide bonds. The molecule has 0 spiro atoms. The standard InChI is InChI=1S/C27H27Cl2N3O5/c1-3-4-15-36-20-13-11-19(12-14-20)31-26(33)27(34)32-30-16-18-7-5-10-24(35-2)25(18)37-17-21-22(28)8-6-9-23(21)29/h5-14,16H,3-4,15,17H2,1-2H3,(H,31,33)(H,32,34)/b30-16-. The van der Waals surface area contributed by atoms with Gasteiger partial charge >= 0.3 is 11.8 Å². The normalized spacial score (nSPS) is 10.7. The number of hydrogen-bond acceptors (Lipinski definition) is 6. The van der Waals surface area contributed by atoms with Gasteiger partial charge in [-0.3, -0.25) is 9.59 Å². The molecular weight excluding hydrogens is 517 g/mol. The number of amides is 2. The fraction of sp³-hybridized carbons (Fsp3) is 0.222. The first-order chi connectivity index (χ1) is 17.9. The van der Waals surface area contributed by atoms with Gasteiger partial charge in [-0.05, 0) is 55.0 Å². The van der Waals surface area contributed by atoms with Crippen molar-refractivity contribution in [3.8, 4) is 17.2 Å². The number of carbonyl (C=O) groups is 2. The van der Waals surface area contributed by atoms with Crippen LogP contribution in [-0.2, 0) is 16.2 Å². The molecule has 0 saturated heterocycles. The molecule has 0 aliphatic heterocycles. The van der Waals surface area contributed by atoms with Crippen LogP contribution >= 0.6 is 23.2 Å². The highest BCUT2D eigenvalue weighted by Gasteiger charge is 2.15. The maximum absolute atomic E-state index is 12.2. The zero-order chi connectivity index (χ0) is 26.6. The van der Waals surface area contributed by atoms with Crippen LogP contribution in [0.15, 0.2) is 65.8 Å². The van der Waals surface area contributed by atoms with E-state index in [1.807, 2.05) is 0 Å². The maximum atomic E-state index is 12.2. The lowest BCUT2D eigenvalue weighted by Gasteiger charge is -2.14. The fourth-order valence-electron chi connectivity index (χ4n) is 3.13. The molecule has 10 heteroatoms. The lowest BCUT2D eigenvalue weighted by Crippen LogP contribution is -2.32. The Morgan fingerprint density at radius 3 is 2.32 bits per heavy atom. The van der Waals surface area contributed by atoms with Crippen molar-refractivity contribution in [2.75, 3.05) is 19.0 Å². The summed E-state index contributed by atoms with van der Waals surface area (Å²) in [5.74, 6) is -0.309. The molecule has 0 aliphatic carbocycles. The molecule has 0 fully saturated rings. The first kappa shape index (κ1) is 27.8. The summed E-state index contributed by atoms with van der Waals surface area (Å²) in [4.78, 5) is 24.5. The van der Waals surface area contributed by atoms with Crippen molar-refractivity contribution >= 4 is 46.9 Å². The average molecular weight is 544 g/mol. The van der Waals surface area contributed by atoms with E-state index in [1.54, 1.807) is 60.7 Å². The predicted octanol–water partition coefficient (Wildman–Crippen LogP) is 5.85. The number of anilines is 1. The molecule has 0 radical (unpaired) electrons. The van der Waals surface area contributed by atoms with Crippen LogP contribution in [0.3, 0.4) is 0 Å². The minimum absolute atomic E-state index is 0.0803. The quantitative estimate of drug-likeness (QED) is 0.137. The molecule has 0 unspecified atom stereocenters. The van der Waals surface area contributed by atoms with Crippen LogP contribution in [0, 0.1) is 0 Å². The van der Waals surface area contributed by atoms with Crippen molar-refractivity contribution in [3.05, 3.63) is 81.8 Å². The third kappa shape index (κ3) is 8.13. The molecule has 3 aromatic carbocycles. The highest BCUT2D eigenvalue weighted by atomic mass is 35.5. The average Bonchev–Trinajstić information content (AvgIpc) is 2.89. The number of nitrogens with zero attached hydrogens (tertiary/aromatic N) is 1. The highest BCUT2D eigenvalue weighted by molar-refractivity contribution is 6.39. The lowest BCUT2D eigenvalue weighted by atomic mass is 10.2. The summed E-state index contributed by atoms with van der Waals surface area (Å²) in [6.07, 6.45) is 3.34. The number of halogens is 2. The summed E-state index contributed by atoms with van der Waals surface area (Å²) < 4.78 is 16.9. The largest absolute Gasteiger partial charge is 0.494 e. The molecule has 0 atom stereocenters. The molecule has 0 bridgehead atoms. The number of unbranched alkanes of at least 4 members (excludes halogenated alkanes) is 1. The Labute approximate surface area is 225 Å². The van der Waals surface area contributed by atoms with Gasteiger partial charge in [-0.25, -0.2) is 5.43 Å². The van der Waals surface area contributed by atoms with Gasteiger partial charge in [0.05, 0.1) is 19.9 Å². The van der Waals surface area contributed by atoms with Crippen LogP contribution < -0.4 is 25.0 Å². The molecule has 37 heavy (non-hydrogen) atoms. The van der Waals surface area contributed by atoms with E-state index in [-0.39, 0.29) is 6.61 Å². The molecule has 0 aliphatic rings. The summed E-state index contributed by atoms with van der Waals surface area (Å²) >= 11 is 12.5. The summed E-state index contributed by atoms with van der Waals surface area (Å²) in [6, 6.07) is 17.1. The van der Waals surface area contributed by atoms with E-state index in [0.29, 0.717) is 50.7 Å². The number of carbonyl (C=O) groups excluding carboxylic acids is 2. The Balaban J connectivity index is 1.61. The molecule has 0 aromatic heterocycles. The second kappa shape index (κ2) is 14.1. The number of hydrazone groups is 1. The number of rotatable bonds is 11. The number of benzene rings is 3.